The number of nitro benzene ring substituents is 1. The number of hydrogen-bond donors (Lipinski definition) is 2. The molecule has 2 N–H and O–H groups in total. The minimum Gasteiger partial charge on any atom is -0.388 e. The fourth-order valence-corrected chi connectivity index (χ4v) is 3.27. The van der Waals surface area contributed by atoms with Crippen molar-refractivity contribution < 1.29 is 14.8 Å². The quantitative estimate of drug-likeness (QED) is 0.459. The second-order valence-electron chi connectivity index (χ2n) is 5.39. The molecule has 0 atom stereocenters. The number of nitrogens with zero attached hydrogens (tertiary/aromatic N) is 1. The molecule has 0 spiro atoms. The average molecular weight is 404 g/mol. The van der Waals surface area contributed by atoms with Crippen molar-refractivity contribution in [2.24, 2.45) is 0 Å². The van der Waals surface area contributed by atoms with Gasteiger partial charge < -0.3 is 10.4 Å². The Balaban J connectivity index is 2.01. The Morgan fingerprint density at radius 1 is 1.38 bits per heavy atom. The van der Waals surface area contributed by atoms with Crippen LogP contribution in [0.15, 0.2) is 18.2 Å². The van der Waals surface area contributed by atoms with Gasteiger partial charge in [0.2, 0.25) is 0 Å². The lowest BCUT2D eigenvalue weighted by Gasteiger charge is -2.32. The van der Waals surface area contributed by atoms with Gasteiger partial charge in [0.15, 0.2) is 0 Å². The van der Waals surface area contributed by atoms with Crippen molar-refractivity contribution >= 4 is 34.2 Å². The van der Waals surface area contributed by atoms with Crippen LogP contribution in [0, 0.1) is 13.7 Å². The lowest BCUT2D eigenvalue weighted by atomic mass is 9.85. The van der Waals surface area contributed by atoms with Gasteiger partial charge in [0.1, 0.15) is 0 Å². The van der Waals surface area contributed by atoms with Crippen LogP contribution in [0.1, 0.15) is 42.5 Å². The number of carbonyl (C=O) groups excluding carboxylic acids is 1. The van der Waals surface area contributed by atoms with Crippen LogP contribution in [0.25, 0.3) is 0 Å². The van der Waals surface area contributed by atoms with E-state index in [1.165, 1.54) is 18.2 Å². The number of carbonyl (C=O) groups is 1. The smallest absolute Gasteiger partial charge is 0.270 e. The summed E-state index contributed by atoms with van der Waals surface area (Å²) in [6.45, 7) is 0.221. The van der Waals surface area contributed by atoms with Crippen molar-refractivity contribution in [2.45, 2.75) is 37.7 Å². The molecule has 0 radical (unpaired) electrons. The van der Waals surface area contributed by atoms with E-state index in [0.29, 0.717) is 22.0 Å². The van der Waals surface area contributed by atoms with Crippen molar-refractivity contribution in [3.8, 4) is 0 Å². The lowest BCUT2D eigenvalue weighted by Crippen LogP contribution is -2.44. The number of nitro groups is 1. The molecule has 1 aliphatic rings. The summed E-state index contributed by atoms with van der Waals surface area (Å²) in [4.78, 5) is 22.3. The first kappa shape index (κ1) is 16.2. The van der Waals surface area contributed by atoms with Crippen molar-refractivity contribution in [1.82, 2.24) is 5.32 Å². The minimum absolute atomic E-state index is 0.0399. The van der Waals surface area contributed by atoms with Crippen LogP contribution < -0.4 is 5.32 Å². The number of nitrogens with one attached hydrogen (secondary N) is 1. The largest absolute Gasteiger partial charge is 0.388 e. The molecule has 0 saturated heterocycles. The van der Waals surface area contributed by atoms with E-state index in [9.17, 15) is 20.0 Å². The molecule has 0 bridgehead atoms. The first-order valence-electron chi connectivity index (χ1n) is 6.86. The van der Waals surface area contributed by atoms with E-state index in [-0.39, 0.29) is 18.1 Å². The number of aliphatic hydroxyl groups is 1. The zero-order chi connectivity index (χ0) is 15.5. The van der Waals surface area contributed by atoms with E-state index in [2.05, 4.69) is 5.32 Å². The van der Waals surface area contributed by atoms with Gasteiger partial charge in [-0.25, -0.2) is 0 Å². The van der Waals surface area contributed by atoms with E-state index in [1.54, 1.807) is 0 Å². The molecule has 1 aromatic rings. The molecule has 1 fully saturated rings. The SMILES string of the molecule is O=C(NCC1(O)CCCCC1)c1ccc([N+](=O)[O-])cc1I. The molecular formula is C14H17IN2O4. The minimum atomic E-state index is -0.819. The Morgan fingerprint density at radius 3 is 2.62 bits per heavy atom. The molecule has 1 amide bonds. The second-order valence-corrected chi connectivity index (χ2v) is 6.55. The Labute approximate surface area is 136 Å². The third-order valence-electron chi connectivity index (χ3n) is 3.77. The number of amides is 1. The lowest BCUT2D eigenvalue weighted by molar-refractivity contribution is -0.384. The molecular weight excluding hydrogens is 387 g/mol. The van der Waals surface area contributed by atoms with Crippen LogP contribution in [-0.4, -0.2) is 28.1 Å². The van der Waals surface area contributed by atoms with Crippen LogP contribution in [0.4, 0.5) is 5.69 Å². The van der Waals surface area contributed by atoms with Crippen LogP contribution >= 0.6 is 22.6 Å². The summed E-state index contributed by atoms with van der Waals surface area (Å²) in [6.07, 6.45) is 4.47. The van der Waals surface area contributed by atoms with E-state index in [1.807, 2.05) is 22.6 Å². The van der Waals surface area contributed by atoms with E-state index in [4.69, 9.17) is 0 Å². The first-order valence-corrected chi connectivity index (χ1v) is 7.94. The summed E-state index contributed by atoms with van der Waals surface area (Å²) >= 11 is 1.90. The number of benzene rings is 1. The summed E-state index contributed by atoms with van der Waals surface area (Å²) in [5, 5.41) is 23.8. The van der Waals surface area contributed by atoms with Crippen molar-refractivity contribution in [2.75, 3.05) is 6.54 Å². The number of rotatable bonds is 4. The van der Waals surface area contributed by atoms with Crippen LogP contribution in [0.5, 0.6) is 0 Å². The maximum atomic E-state index is 12.1. The predicted octanol–water partition coefficient (Wildman–Crippen LogP) is 2.62. The predicted molar refractivity (Wildman–Crippen MR) is 86.2 cm³/mol. The van der Waals surface area contributed by atoms with Gasteiger partial charge in [-0.1, -0.05) is 19.3 Å². The maximum Gasteiger partial charge on any atom is 0.270 e. The molecule has 1 saturated carbocycles. The molecule has 0 unspecified atom stereocenters. The van der Waals surface area contributed by atoms with Gasteiger partial charge in [-0.15, -0.1) is 0 Å². The molecule has 1 aromatic carbocycles. The Bertz CT molecular complexity index is 556. The molecule has 1 aliphatic carbocycles. The topological polar surface area (TPSA) is 92.5 Å². The van der Waals surface area contributed by atoms with Gasteiger partial charge >= 0.3 is 0 Å². The van der Waals surface area contributed by atoms with Gasteiger partial charge in [0.25, 0.3) is 11.6 Å². The van der Waals surface area contributed by atoms with Crippen LogP contribution in [0.3, 0.4) is 0 Å². The third kappa shape index (κ3) is 4.13. The van der Waals surface area contributed by atoms with Crippen molar-refractivity contribution in [1.29, 1.82) is 0 Å². The molecule has 0 aliphatic heterocycles. The highest BCUT2D eigenvalue weighted by Gasteiger charge is 2.29. The summed E-state index contributed by atoms with van der Waals surface area (Å²) in [6, 6.07) is 4.12. The highest BCUT2D eigenvalue weighted by Crippen LogP contribution is 2.27. The summed E-state index contributed by atoms with van der Waals surface area (Å²) in [5.74, 6) is -0.312. The highest BCUT2D eigenvalue weighted by atomic mass is 127. The molecule has 2 rings (SSSR count). The van der Waals surface area contributed by atoms with E-state index >= 15 is 0 Å². The highest BCUT2D eigenvalue weighted by molar-refractivity contribution is 14.1. The first-order chi connectivity index (χ1) is 9.91. The van der Waals surface area contributed by atoms with Crippen molar-refractivity contribution in [3.05, 3.63) is 37.4 Å². The average Bonchev–Trinajstić information content (AvgIpc) is 2.45. The standard InChI is InChI=1S/C14H17IN2O4/c15-12-8-10(17(20)21)4-5-11(12)13(18)16-9-14(19)6-2-1-3-7-14/h4-5,8,19H,1-3,6-7,9H2,(H,16,18). The molecule has 21 heavy (non-hydrogen) atoms. The molecule has 0 heterocycles. The van der Waals surface area contributed by atoms with Crippen LogP contribution in [0.2, 0.25) is 0 Å². The van der Waals surface area contributed by atoms with E-state index < -0.39 is 10.5 Å². The second kappa shape index (κ2) is 6.69. The maximum absolute atomic E-state index is 12.1. The summed E-state index contributed by atoms with van der Waals surface area (Å²) in [5.41, 5.74) is -0.470. The van der Waals surface area contributed by atoms with Gasteiger partial charge in [-0.05, 0) is 41.5 Å². The number of halogens is 1. The molecule has 0 aromatic heterocycles. The fourth-order valence-electron chi connectivity index (χ4n) is 2.53. The normalized spacial score (nSPS) is 17.2. The van der Waals surface area contributed by atoms with Gasteiger partial charge in [-0.2, -0.15) is 0 Å². The Morgan fingerprint density at radius 2 is 2.05 bits per heavy atom. The number of hydrogen-bond acceptors (Lipinski definition) is 4. The van der Waals surface area contributed by atoms with Crippen molar-refractivity contribution in [3.63, 3.8) is 0 Å². The molecule has 114 valence electrons. The zero-order valence-electron chi connectivity index (χ0n) is 11.5. The summed E-state index contributed by atoms with van der Waals surface area (Å²) in [7, 11) is 0. The summed E-state index contributed by atoms with van der Waals surface area (Å²) < 4.78 is 0.523. The van der Waals surface area contributed by atoms with Gasteiger partial charge in [0.05, 0.1) is 16.1 Å². The van der Waals surface area contributed by atoms with Crippen LogP contribution in [-0.2, 0) is 0 Å². The van der Waals surface area contributed by atoms with Gasteiger partial charge in [0, 0.05) is 22.2 Å². The van der Waals surface area contributed by atoms with E-state index in [0.717, 1.165) is 19.3 Å². The molecule has 6 nitrogen and oxygen atoms in total. The Kier molecular flexibility index (Phi) is 5.15. The zero-order valence-corrected chi connectivity index (χ0v) is 13.6. The number of non-ortho nitro benzene ring substituents is 1. The van der Waals surface area contributed by atoms with Gasteiger partial charge in [-0.3, -0.25) is 14.9 Å². The third-order valence-corrected chi connectivity index (χ3v) is 4.66. The monoisotopic (exact) mass is 404 g/mol. The fraction of sp³-hybridized carbons (Fsp3) is 0.500. The molecule has 7 heteroatoms. The Hall–Kier alpha value is -1.22.